The van der Waals surface area contributed by atoms with E-state index in [0.717, 1.165) is 31.7 Å². The quantitative estimate of drug-likeness (QED) is 0.738. The van der Waals surface area contributed by atoms with E-state index in [0.29, 0.717) is 6.04 Å². The van der Waals surface area contributed by atoms with Gasteiger partial charge in [0.1, 0.15) is 0 Å². The topological polar surface area (TPSA) is 24.5 Å². The number of ether oxygens (including phenoxy) is 1. The summed E-state index contributed by atoms with van der Waals surface area (Å²) in [6, 6.07) is 1.52. The third-order valence-corrected chi connectivity index (χ3v) is 3.67. The molecule has 2 fully saturated rings. The van der Waals surface area contributed by atoms with Crippen LogP contribution < -0.4 is 5.32 Å². The van der Waals surface area contributed by atoms with E-state index in [1.54, 1.807) is 0 Å². The van der Waals surface area contributed by atoms with E-state index < -0.39 is 0 Å². The second-order valence-electron chi connectivity index (χ2n) is 5.16. The van der Waals surface area contributed by atoms with Crippen molar-refractivity contribution in [3.63, 3.8) is 0 Å². The van der Waals surface area contributed by atoms with Crippen LogP contribution in [0.5, 0.6) is 0 Å². The molecule has 2 aliphatic rings. The van der Waals surface area contributed by atoms with Crippen LogP contribution in [0.4, 0.5) is 0 Å². The van der Waals surface area contributed by atoms with E-state index in [-0.39, 0.29) is 0 Å². The molecule has 0 aromatic carbocycles. The summed E-state index contributed by atoms with van der Waals surface area (Å²) >= 11 is 0. The monoisotopic (exact) mass is 212 g/mol. The summed E-state index contributed by atoms with van der Waals surface area (Å²) in [6.07, 6.45) is 5.23. The number of likely N-dealkylation sites (N-methyl/N-ethyl adjacent to an activating group) is 1. The number of hydrogen-bond acceptors (Lipinski definition) is 3. The molecule has 0 radical (unpaired) electrons. The Morgan fingerprint density at radius 3 is 2.40 bits per heavy atom. The highest BCUT2D eigenvalue weighted by Gasteiger charge is 2.28. The lowest BCUT2D eigenvalue weighted by molar-refractivity contribution is 0.0367. The summed E-state index contributed by atoms with van der Waals surface area (Å²) in [4.78, 5) is 2.38. The molecule has 1 atom stereocenters. The molecule has 1 heterocycles. The van der Waals surface area contributed by atoms with Crippen LogP contribution in [-0.4, -0.2) is 50.8 Å². The summed E-state index contributed by atoms with van der Waals surface area (Å²) in [5.74, 6) is 0.819. The predicted molar refractivity (Wildman–Crippen MR) is 62.0 cm³/mol. The minimum Gasteiger partial charge on any atom is -0.381 e. The highest BCUT2D eigenvalue weighted by atomic mass is 16.5. The molecule has 88 valence electrons. The van der Waals surface area contributed by atoms with Gasteiger partial charge in [-0.2, -0.15) is 0 Å². The second-order valence-corrected chi connectivity index (χ2v) is 5.16. The fourth-order valence-corrected chi connectivity index (χ4v) is 2.45. The molecule has 2 rings (SSSR count). The average Bonchev–Trinajstić information content (AvgIpc) is 3.03. The normalized spacial score (nSPS) is 25.8. The van der Waals surface area contributed by atoms with E-state index in [1.807, 2.05) is 0 Å². The van der Waals surface area contributed by atoms with Gasteiger partial charge in [0.05, 0.1) is 0 Å². The van der Waals surface area contributed by atoms with Crippen LogP contribution in [-0.2, 0) is 4.74 Å². The zero-order chi connectivity index (χ0) is 10.7. The second kappa shape index (κ2) is 5.28. The Morgan fingerprint density at radius 2 is 1.87 bits per heavy atom. The van der Waals surface area contributed by atoms with Gasteiger partial charge in [0.25, 0.3) is 0 Å². The molecule has 0 bridgehead atoms. The molecule has 3 nitrogen and oxygen atoms in total. The van der Waals surface area contributed by atoms with Gasteiger partial charge in [-0.05, 0) is 45.7 Å². The lowest BCUT2D eigenvalue weighted by Gasteiger charge is -2.35. The molecule has 0 spiro atoms. The Balaban J connectivity index is 1.79. The molecule has 1 unspecified atom stereocenters. The van der Waals surface area contributed by atoms with Gasteiger partial charge < -0.3 is 15.0 Å². The van der Waals surface area contributed by atoms with Gasteiger partial charge in [-0.3, -0.25) is 0 Å². The minimum absolute atomic E-state index is 0.689. The lowest BCUT2D eigenvalue weighted by Crippen LogP contribution is -2.45. The van der Waals surface area contributed by atoms with E-state index in [9.17, 15) is 0 Å². The van der Waals surface area contributed by atoms with Gasteiger partial charge in [-0.25, -0.2) is 0 Å². The standard InChI is InChI=1S/C12H24N2O/c1-14(2)12(9-13-11-3-4-11)10-5-7-15-8-6-10/h10-13H,3-9H2,1-2H3. The summed E-state index contributed by atoms with van der Waals surface area (Å²) in [7, 11) is 4.41. The first kappa shape index (κ1) is 11.4. The number of nitrogens with zero attached hydrogens (tertiary/aromatic N) is 1. The largest absolute Gasteiger partial charge is 0.381 e. The highest BCUT2D eigenvalue weighted by Crippen LogP contribution is 2.23. The molecule has 1 saturated heterocycles. The van der Waals surface area contributed by atoms with E-state index in [4.69, 9.17) is 4.74 Å². The van der Waals surface area contributed by atoms with Crippen molar-refractivity contribution in [2.75, 3.05) is 33.9 Å². The number of rotatable bonds is 5. The SMILES string of the molecule is CN(C)C(CNC1CC1)C1CCOCC1. The summed E-state index contributed by atoms with van der Waals surface area (Å²) in [5.41, 5.74) is 0. The summed E-state index contributed by atoms with van der Waals surface area (Å²) in [5, 5.41) is 3.65. The molecular weight excluding hydrogens is 188 g/mol. The maximum absolute atomic E-state index is 5.43. The average molecular weight is 212 g/mol. The van der Waals surface area contributed by atoms with Crippen molar-refractivity contribution in [3.05, 3.63) is 0 Å². The third kappa shape index (κ3) is 3.44. The van der Waals surface area contributed by atoms with Crippen molar-refractivity contribution >= 4 is 0 Å². The van der Waals surface area contributed by atoms with Crippen molar-refractivity contribution in [2.45, 2.75) is 37.8 Å². The smallest absolute Gasteiger partial charge is 0.0469 e. The minimum atomic E-state index is 0.689. The van der Waals surface area contributed by atoms with E-state index in [2.05, 4.69) is 24.3 Å². The van der Waals surface area contributed by atoms with Crippen LogP contribution >= 0.6 is 0 Å². The lowest BCUT2D eigenvalue weighted by atomic mass is 9.91. The van der Waals surface area contributed by atoms with Crippen LogP contribution in [0.2, 0.25) is 0 Å². The number of hydrogen-bond donors (Lipinski definition) is 1. The van der Waals surface area contributed by atoms with Gasteiger partial charge in [0, 0.05) is 31.8 Å². The fourth-order valence-electron chi connectivity index (χ4n) is 2.45. The van der Waals surface area contributed by atoms with Crippen molar-refractivity contribution in [1.82, 2.24) is 10.2 Å². The third-order valence-electron chi connectivity index (χ3n) is 3.67. The summed E-state index contributed by atoms with van der Waals surface area (Å²) in [6.45, 7) is 3.07. The molecule has 0 aromatic heterocycles. The summed E-state index contributed by atoms with van der Waals surface area (Å²) < 4.78 is 5.43. The van der Waals surface area contributed by atoms with Crippen LogP contribution in [0, 0.1) is 5.92 Å². The molecule has 15 heavy (non-hydrogen) atoms. The molecular formula is C12H24N2O. The zero-order valence-corrected chi connectivity index (χ0v) is 10.0. The molecule has 1 aliphatic heterocycles. The molecule has 1 saturated carbocycles. The Morgan fingerprint density at radius 1 is 1.20 bits per heavy atom. The van der Waals surface area contributed by atoms with Gasteiger partial charge in [0.15, 0.2) is 0 Å². The predicted octanol–water partition coefficient (Wildman–Crippen LogP) is 1.10. The first-order chi connectivity index (χ1) is 7.27. The molecule has 0 aromatic rings. The Bertz CT molecular complexity index is 186. The van der Waals surface area contributed by atoms with Crippen molar-refractivity contribution in [3.8, 4) is 0 Å². The van der Waals surface area contributed by atoms with E-state index in [1.165, 1.54) is 25.7 Å². The van der Waals surface area contributed by atoms with Crippen LogP contribution in [0.15, 0.2) is 0 Å². The van der Waals surface area contributed by atoms with Gasteiger partial charge >= 0.3 is 0 Å². The maximum atomic E-state index is 5.43. The van der Waals surface area contributed by atoms with Crippen LogP contribution in [0.25, 0.3) is 0 Å². The highest BCUT2D eigenvalue weighted by molar-refractivity contribution is 4.86. The van der Waals surface area contributed by atoms with Crippen molar-refractivity contribution < 1.29 is 4.74 Å². The zero-order valence-electron chi connectivity index (χ0n) is 10.0. The number of nitrogens with one attached hydrogen (secondary N) is 1. The van der Waals surface area contributed by atoms with Crippen LogP contribution in [0.3, 0.4) is 0 Å². The Labute approximate surface area is 93.2 Å². The van der Waals surface area contributed by atoms with Gasteiger partial charge in [0.2, 0.25) is 0 Å². The maximum Gasteiger partial charge on any atom is 0.0469 e. The molecule has 1 aliphatic carbocycles. The first-order valence-electron chi connectivity index (χ1n) is 6.25. The van der Waals surface area contributed by atoms with Crippen LogP contribution in [0.1, 0.15) is 25.7 Å². The molecule has 1 N–H and O–H groups in total. The fraction of sp³-hybridized carbons (Fsp3) is 1.00. The first-order valence-corrected chi connectivity index (χ1v) is 6.25. The Hall–Kier alpha value is -0.120. The van der Waals surface area contributed by atoms with E-state index >= 15 is 0 Å². The molecule has 0 amide bonds. The van der Waals surface area contributed by atoms with Gasteiger partial charge in [-0.15, -0.1) is 0 Å². The Kier molecular flexibility index (Phi) is 4.00. The van der Waals surface area contributed by atoms with Gasteiger partial charge in [-0.1, -0.05) is 0 Å². The van der Waals surface area contributed by atoms with Crippen molar-refractivity contribution in [2.24, 2.45) is 5.92 Å². The van der Waals surface area contributed by atoms with Crippen molar-refractivity contribution in [1.29, 1.82) is 0 Å². The molecule has 3 heteroatoms.